The number of benzene rings is 2. The molecule has 1 fully saturated rings. The molecule has 1 unspecified atom stereocenters. The number of carbonyl (C=O) groups is 1. The highest BCUT2D eigenvalue weighted by Gasteiger charge is 2.37. The fourth-order valence-electron chi connectivity index (χ4n) is 3.98. The van der Waals surface area contributed by atoms with Crippen molar-refractivity contribution in [2.45, 2.75) is 32.4 Å². The van der Waals surface area contributed by atoms with Gasteiger partial charge in [-0.25, -0.2) is 0 Å². The molecule has 29 heavy (non-hydrogen) atoms. The average molecular weight is 396 g/mol. The Balaban J connectivity index is 1.37. The summed E-state index contributed by atoms with van der Waals surface area (Å²) < 4.78 is 5.91. The highest BCUT2D eigenvalue weighted by atomic mass is 16.7. The lowest BCUT2D eigenvalue weighted by Crippen LogP contribution is -2.33. The first-order chi connectivity index (χ1) is 14.3. The molecule has 4 rings (SSSR count). The standard InChI is InChI=1S/C23H29N3O3/c1-2-29-26-22(20-8-4-5-9-21(20)23(26)27)24-18-10-12-19(13-11-18)28-17-16-25-14-6-3-7-15-25/h4-5,8-13,22,24H,2-3,6-7,14-17H2,1H3. The lowest BCUT2D eigenvalue weighted by molar-refractivity contribution is -0.134. The van der Waals surface area contributed by atoms with Gasteiger partial charge in [-0.1, -0.05) is 24.6 Å². The van der Waals surface area contributed by atoms with E-state index in [1.807, 2.05) is 55.5 Å². The zero-order valence-electron chi connectivity index (χ0n) is 17.0. The second-order valence-corrected chi connectivity index (χ2v) is 7.46. The quantitative estimate of drug-likeness (QED) is 0.730. The number of nitrogens with zero attached hydrogens (tertiary/aromatic N) is 2. The molecule has 154 valence electrons. The summed E-state index contributed by atoms with van der Waals surface area (Å²) in [4.78, 5) is 20.7. The predicted octanol–water partition coefficient (Wildman–Crippen LogP) is 4.07. The van der Waals surface area contributed by atoms with E-state index < -0.39 is 0 Å². The van der Waals surface area contributed by atoms with Crippen LogP contribution in [0, 0.1) is 0 Å². The number of nitrogens with one attached hydrogen (secondary N) is 1. The SMILES string of the molecule is CCON1C(=O)c2ccccc2C1Nc1ccc(OCCN2CCCCC2)cc1. The monoisotopic (exact) mass is 395 g/mol. The minimum Gasteiger partial charge on any atom is -0.492 e. The molecule has 6 nitrogen and oxygen atoms in total. The normalized spacial score (nSPS) is 19.3. The molecule has 2 aliphatic rings. The number of likely N-dealkylation sites (tertiary alicyclic amines) is 1. The Labute approximate surface area is 172 Å². The summed E-state index contributed by atoms with van der Waals surface area (Å²) in [5, 5.41) is 4.84. The number of rotatable bonds is 8. The van der Waals surface area contributed by atoms with Crippen LogP contribution in [0.1, 0.15) is 48.3 Å². The van der Waals surface area contributed by atoms with Gasteiger partial charge < -0.3 is 10.1 Å². The van der Waals surface area contributed by atoms with Crippen LogP contribution in [0.2, 0.25) is 0 Å². The maximum atomic E-state index is 12.6. The van der Waals surface area contributed by atoms with Gasteiger partial charge in [0, 0.05) is 23.4 Å². The molecular formula is C23H29N3O3. The molecule has 0 radical (unpaired) electrons. The summed E-state index contributed by atoms with van der Waals surface area (Å²) in [5.41, 5.74) is 2.51. The van der Waals surface area contributed by atoms with Crippen molar-refractivity contribution >= 4 is 11.6 Å². The molecule has 0 bridgehead atoms. The van der Waals surface area contributed by atoms with Crippen LogP contribution in [0.15, 0.2) is 48.5 Å². The van der Waals surface area contributed by atoms with Gasteiger partial charge in [-0.3, -0.25) is 14.5 Å². The molecule has 2 heterocycles. The number of amides is 1. The number of hydroxylamine groups is 2. The summed E-state index contributed by atoms with van der Waals surface area (Å²) in [6, 6.07) is 15.5. The zero-order chi connectivity index (χ0) is 20.1. The van der Waals surface area contributed by atoms with E-state index in [-0.39, 0.29) is 12.1 Å². The summed E-state index contributed by atoms with van der Waals surface area (Å²) >= 11 is 0. The summed E-state index contributed by atoms with van der Waals surface area (Å²) in [6.07, 6.45) is 3.60. The number of fused-ring (bicyclic) bond motifs is 1. The highest BCUT2D eigenvalue weighted by molar-refractivity contribution is 5.98. The first-order valence-corrected chi connectivity index (χ1v) is 10.5. The second kappa shape index (κ2) is 9.29. The van der Waals surface area contributed by atoms with Crippen LogP contribution in [0.3, 0.4) is 0 Å². The molecule has 2 aromatic carbocycles. The molecule has 1 atom stereocenters. The number of anilines is 1. The number of piperidine rings is 1. The lowest BCUT2D eigenvalue weighted by Gasteiger charge is -2.26. The molecule has 0 saturated carbocycles. The van der Waals surface area contributed by atoms with Gasteiger partial charge in [-0.15, -0.1) is 0 Å². The first kappa shape index (κ1) is 19.7. The number of hydrogen-bond acceptors (Lipinski definition) is 5. The highest BCUT2D eigenvalue weighted by Crippen LogP contribution is 2.34. The van der Waals surface area contributed by atoms with Crippen molar-refractivity contribution < 1.29 is 14.4 Å². The Morgan fingerprint density at radius 3 is 2.55 bits per heavy atom. The third kappa shape index (κ3) is 4.54. The molecule has 1 N–H and O–H groups in total. The van der Waals surface area contributed by atoms with Gasteiger partial charge in [0.05, 0.1) is 6.61 Å². The van der Waals surface area contributed by atoms with Gasteiger partial charge >= 0.3 is 0 Å². The van der Waals surface area contributed by atoms with Crippen LogP contribution in [0.4, 0.5) is 5.69 Å². The lowest BCUT2D eigenvalue weighted by atomic mass is 10.1. The maximum Gasteiger partial charge on any atom is 0.280 e. The average Bonchev–Trinajstić information content (AvgIpc) is 3.02. The van der Waals surface area contributed by atoms with Gasteiger partial charge in [0.2, 0.25) is 0 Å². The molecular weight excluding hydrogens is 366 g/mol. The fraction of sp³-hybridized carbons (Fsp3) is 0.435. The van der Waals surface area contributed by atoms with Crippen LogP contribution in [0.25, 0.3) is 0 Å². The molecule has 6 heteroatoms. The Morgan fingerprint density at radius 2 is 1.79 bits per heavy atom. The number of hydrogen-bond donors (Lipinski definition) is 1. The van der Waals surface area contributed by atoms with Crippen LogP contribution in [-0.2, 0) is 4.84 Å². The van der Waals surface area contributed by atoms with Crippen molar-refractivity contribution in [1.29, 1.82) is 0 Å². The van der Waals surface area contributed by atoms with Crippen molar-refractivity contribution in [1.82, 2.24) is 9.96 Å². The van der Waals surface area contributed by atoms with Gasteiger partial charge in [-0.2, -0.15) is 5.06 Å². The third-order valence-electron chi connectivity index (χ3n) is 5.47. The van der Waals surface area contributed by atoms with Crippen LogP contribution in [-0.4, -0.2) is 48.7 Å². The van der Waals surface area contributed by atoms with Crippen LogP contribution < -0.4 is 10.1 Å². The van der Waals surface area contributed by atoms with Crippen molar-refractivity contribution in [3.05, 3.63) is 59.7 Å². The Bertz CT molecular complexity index is 818. The molecule has 1 amide bonds. The van der Waals surface area contributed by atoms with Crippen molar-refractivity contribution in [2.24, 2.45) is 0 Å². The zero-order valence-corrected chi connectivity index (χ0v) is 17.0. The van der Waals surface area contributed by atoms with Gasteiger partial charge in [0.1, 0.15) is 12.4 Å². The molecule has 0 aliphatic carbocycles. The Hall–Kier alpha value is -2.57. The first-order valence-electron chi connectivity index (χ1n) is 10.5. The predicted molar refractivity (Wildman–Crippen MR) is 113 cm³/mol. The van der Waals surface area contributed by atoms with E-state index in [1.165, 1.54) is 37.4 Å². The summed E-state index contributed by atoms with van der Waals surface area (Å²) in [5.74, 6) is 0.745. The molecule has 1 saturated heterocycles. The van der Waals surface area contributed by atoms with Crippen molar-refractivity contribution in [3.8, 4) is 5.75 Å². The maximum absolute atomic E-state index is 12.6. The Morgan fingerprint density at radius 1 is 1.03 bits per heavy atom. The number of ether oxygens (including phenoxy) is 1. The second-order valence-electron chi connectivity index (χ2n) is 7.46. The largest absolute Gasteiger partial charge is 0.492 e. The van der Waals surface area contributed by atoms with Crippen LogP contribution >= 0.6 is 0 Å². The van der Waals surface area contributed by atoms with Crippen LogP contribution in [0.5, 0.6) is 5.75 Å². The topological polar surface area (TPSA) is 54.0 Å². The van der Waals surface area contributed by atoms with E-state index in [2.05, 4.69) is 10.2 Å². The minimum absolute atomic E-state index is 0.113. The molecule has 0 spiro atoms. The fourth-order valence-corrected chi connectivity index (χ4v) is 3.98. The van der Waals surface area contributed by atoms with E-state index in [1.54, 1.807) is 0 Å². The van der Waals surface area contributed by atoms with E-state index in [0.717, 1.165) is 23.5 Å². The third-order valence-corrected chi connectivity index (χ3v) is 5.47. The van der Waals surface area contributed by atoms with E-state index in [0.29, 0.717) is 18.8 Å². The van der Waals surface area contributed by atoms with E-state index >= 15 is 0 Å². The van der Waals surface area contributed by atoms with Gasteiger partial charge in [0.25, 0.3) is 5.91 Å². The van der Waals surface area contributed by atoms with E-state index in [4.69, 9.17) is 9.57 Å². The van der Waals surface area contributed by atoms with Gasteiger partial charge in [0.15, 0.2) is 6.17 Å². The smallest absolute Gasteiger partial charge is 0.280 e. The van der Waals surface area contributed by atoms with Crippen molar-refractivity contribution in [2.75, 3.05) is 38.2 Å². The number of carbonyl (C=O) groups excluding carboxylic acids is 1. The summed E-state index contributed by atoms with van der Waals surface area (Å²) in [6.45, 7) is 6.36. The van der Waals surface area contributed by atoms with Crippen molar-refractivity contribution in [3.63, 3.8) is 0 Å². The molecule has 2 aliphatic heterocycles. The minimum atomic E-state index is -0.343. The molecule has 0 aromatic heterocycles. The Kier molecular flexibility index (Phi) is 6.32. The summed E-state index contributed by atoms with van der Waals surface area (Å²) in [7, 11) is 0. The van der Waals surface area contributed by atoms with Gasteiger partial charge in [-0.05, 0) is 63.2 Å². The van der Waals surface area contributed by atoms with E-state index in [9.17, 15) is 4.79 Å². The molecule has 2 aromatic rings.